The smallest absolute Gasteiger partial charge is 0.242 e. The predicted octanol–water partition coefficient (Wildman–Crippen LogP) is 2.24. The summed E-state index contributed by atoms with van der Waals surface area (Å²) in [6.07, 6.45) is 0. The molecule has 1 aromatic carbocycles. The first kappa shape index (κ1) is 14.4. The maximum absolute atomic E-state index is 11.7. The first-order valence-electron chi connectivity index (χ1n) is 5.67. The van der Waals surface area contributed by atoms with Crippen LogP contribution in [0.15, 0.2) is 24.3 Å². The van der Waals surface area contributed by atoms with E-state index in [1.54, 1.807) is 0 Å². The standard InChI is InChI=1S/C13H19IN2O/c1-9(2)8-16-13(3,12(15)17)10-4-6-11(14)7-5-10/h4-7,9,16H,8H2,1-3H3,(H2,15,17). The molecular weight excluding hydrogens is 327 g/mol. The van der Waals surface area contributed by atoms with Gasteiger partial charge in [0.25, 0.3) is 0 Å². The van der Waals surface area contributed by atoms with Crippen molar-refractivity contribution in [2.24, 2.45) is 11.7 Å². The molecule has 0 bridgehead atoms. The maximum Gasteiger partial charge on any atom is 0.242 e. The number of nitrogens with two attached hydrogens (primary N) is 1. The van der Waals surface area contributed by atoms with E-state index in [1.165, 1.54) is 0 Å². The van der Waals surface area contributed by atoms with Crippen LogP contribution in [0.25, 0.3) is 0 Å². The number of carbonyl (C=O) groups excluding carboxylic acids is 1. The molecule has 0 spiro atoms. The molecule has 0 radical (unpaired) electrons. The summed E-state index contributed by atoms with van der Waals surface area (Å²) < 4.78 is 1.14. The lowest BCUT2D eigenvalue weighted by Gasteiger charge is -2.29. The normalized spacial score (nSPS) is 14.6. The number of carbonyl (C=O) groups is 1. The third kappa shape index (κ3) is 3.67. The van der Waals surface area contributed by atoms with Crippen LogP contribution >= 0.6 is 22.6 Å². The van der Waals surface area contributed by atoms with Gasteiger partial charge in [-0.2, -0.15) is 0 Å². The fourth-order valence-corrected chi connectivity index (χ4v) is 1.88. The highest BCUT2D eigenvalue weighted by Gasteiger charge is 2.32. The van der Waals surface area contributed by atoms with Crippen LogP contribution in [-0.2, 0) is 10.3 Å². The van der Waals surface area contributed by atoms with Crippen molar-refractivity contribution in [3.8, 4) is 0 Å². The molecule has 0 aliphatic rings. The van der Waals surface area contributed by atoms with Crippen molar-refractivity contribution in [1.82, 2.24) is 5.32 Å². The minimum absolute atomic E-state index is 0.348. The first-order valence-corrected chi connectivity index (χ1v) is 6.75. The van der Waals surface area contributed by atoms with Gasteiger partial charge >= 0.3 is 0 Å². The molecule has 1 unspecified atom stereocenters. The number of primary amides is 1. The van der Waals surface area contributed by atoms with Crippen molar-refractivity contribution in [2.75, 3.05) is 6.54 Å². The van der Waals surface area contributed by atoms with Crippen molar-refractivity contribution in [3.05, 3.63) is 33.4 Å². The Morgan fingerprint density at radius 2 is 1.94 bits per heavy atom. The van der Waals surface area contributed by atoms with E-state index in [2.05, 4.69) is 41.8 Å². The van der Waals surface area contributed by atoms with E-state index in [4.69, 9.17) is 5.73 Å². The Bertz CT molecular complexity index is 389. The second-order valence-corrected chi connectivity index (χ2v) is 6.02. The number of hydrogen-bond donors (Lipinski definition) is 2. The van der Waals surface area contributed by atoms with E-state index in [-0.39, 0.29) is 5.91 Å². The van der Waals surface area contributed by atoms with Gasteiger partial charge in [-0.05, 0) is 59.7 Å². The number of amides is 1. The number of nitrogens with one attached hydrogen (secondary N) is 1. The van der Waals surface area contributed by atoms with Crippen molar-refractivity contribution in [2.45, 2.75) is 26.3 Å². The van der Waals surface area contributed by atoms with E-state index in [0.717, 1.165) is 15.7 Å². The monoisotopic (exact) mass is 346 g/mol. The Morgan fingerprint density at radius 3 is 2.35 bits per heavy atom. The molecule has 1 atom stereocenters. The Labute approximate surface area is 116 Å². The minimum Gasteiger partial charge on any atom is -0.368 e. The third-order valence-corrected chi connectivity index (χ3v) is 3.50. The fourth-order valence-electron chi connectivity index (χ4n) is 1.52. The molecule has 0 fully saturated rings. The molecule has 1 rings (SSSR count). The van der Waals surface area contributed by atoms with E-state index in [0.29, 0.717) is 5.92 Å². The number of halogens is 1. The van der Waals surface area contributed by atoms with Crippen LogP contribution in [0, 0.1) is 9.49 Å². The summed E-state index contributed by atoms with van der Waals surface area (Å²) in [7, 11) is 0. The second-order valence-electron chi connectivity index (χ2n) is 4.77. The molecule has 4 heteroatoms. The van der Waals surface area contributed by atoms with E-state index in [9.17, 15) is 4.79 Å². The second kappa shape index (κ2) is 5.82. The molecule has 0 aliphatic carbocycles. The fraction of sp³-hybridized carbons (Fsp3) is 0.462. The van der Waals surface area contributed by atoms with Crippen LogP contribution in [-0.4, -0.2) is 12.5 Å². The highest BCUT2D eigenvalue weighted by molar-refractivity contribution is 14.1. The van der Waals surface area contributed by atoms with Crippen molar-refractivity contribution in [1.29, 1.82) is 0 Å². The SMILES string of the molecule is CC(C)CNC(C)(C(N)=O)c1ccc(I)cc1. The summed E-state index contributed by atoms with van der Waals surface area (Å²) in [5.74, 6) is 0.122. The largest absolute Gasteiger partial charge is 0.368 e. The van der Waals surface area contributed by atoms with Gasteiger partial charge in [0.2, 0.25) is 5.91 Å². The van der Waals surface area contributed by atoms with Gasteiger partial charge in [0.15, 0.2) is 0 Å². The quantitative estimate of drug-likeness (QED) is 0.804. The molecule has 3 nitrogen and oxygen atoms in total. The van der Waals surface area contributed by atoms with Crippen LogP contribution in [0.5, 0.6) is 0 Å². The predicted molar refractivity (Wildman–Crippen MR) is 78.5 cm³/mol. The molecule has 17 heavy (non-hydrogen) atoms. The van der Waals surface area contributed by atoms with E-state index >= 15 is 0 Å². The lowest BCUT2D eigenvalue weighted by Crippen LogP contribution is -2.51. The van der Waals surface area contributed by atoms with Crippen molar-refractivity contribution >= 4 is 28.5 Å². The Hall–Kier alpha value is -0.620. The molecule has 1 aromatic rings. The summed E-state index contributed by atoms with van der Waals surface area (Å²) >= 11 is 2.24. The Morgan fingerprint density at radius 1 is 1.41 bits per heavy atom. The first-order chi connectivity index (χ1) is 7.86. The van der Waals surface area contributed by atoms with Gasteiger partial charge in [-0.3, -0.25) is 10.1 Å². The number of hydrogen-bond acceptors (Lipinski definition) is 2. The van der Waals surface area contributed by atoms with Gasteiger partial charge in [-0.25, -0.2) is 0 Å². The molecule has 0 heterocycles. The molecule has 0 saturated carbocycles. The van der Waals surface area contributed by atoms with Crippen LogP contribution in [0.1, 0.15) is 26.3 Å². The molecule has 0 saturated heterocycles. The summed E-state index contributed by atoms with van der Waals surface area (Å²) in [4.78, 5) is 11.7. The number of rotatable bonds is 5. The van der Waals surface area contributed by atoms with Gasteiger partial charge in [0.05, 0.1) is 0 Å². The lowest BCUT2D eigenvalue weighted by atomic mass is 9.90. The highest BCUT2D eigenvalue weighted by atomic mass is 127. The van der Waals surface area contributed by atoms with Gasteiger partial charge < -0.3 is 5.73 Å². The molecule has 3 N–H and O–H groups in total. The lowest BCUT2D eigenvalue weighted by molar-refractivity contribution is -0.124. The Balaban J connectivity index is 2.98. The van der Waals surface area contributed by atoms with Gasteiger partial charge in [-0.1, -0.05) is 26.0 Å². The van der Waals surface area contributed by atoms with Crippen molar-refractivity contribution < 1.29 is 4.79 Å². The maximum atomic E-state index is 11.7. The molecule has 1 amide bonds. The summed E-state index contributed by atoms with van der Waals surface area (Å²) in [5.41, 5.74) is 5.64. The molecule has 0 aliphatic heterocycles. The van der Waals surface area contributed by atoms with Crippen LogP contribution in [0.3, 0.4) is 0 Å². The molecule has 0 aromatic heterocycles. The zero-order valence-corrected chi connectivity index (χ0v) is 12.6. The molecular formula is C13H19IN2O. The van der Waals surface area contributed by atoms with E-state index in [1.807, 2.05) is 31.2 Å². The van der Waals surface area contributed by atoms with Crippen molar-refractivity contribution in [3.63, 3.8) is 0 Å². The van der Waals surface area contributed by atoms with E-state index < -0.39 is 5.54 Å². The summed E-state index contributed by atoms with van der Waals surface area (Å²) in [6.45, 7) is 6.79. The zero-order valence-electron chi connectivity index (χ0n) is 10.5. The summed E-state index contributed by atoms with van der Waals surface area (Å²) in [5, 5.41) is 3.25. The topological polar surface area (TPSA) is 55.1 Å². The minimum atomic E-state index is -0.797. The van der Waals surface area contributed by atoms with Gasteiger partial charge in [-0.15, -0.1) is 0 Å². The van der Waals surface area contributed by atoms with Gasteiger partial charge in [0.1, 0.15) is 5.54 Å². The third-order valence-electron chi connectivity index (χ3n) is 2.78. The average molecular weight is 346 g/mol. The van der Waals surface area contributed by atoms with Crippen LogP contribution in [0.4, 0.5) is 0 Å². The molecule has 94 valence electrons. The average Bonchev–Trinajstić information content (AvgIpc) is 2.26. The van der Waals surface area contributed by atoms with Gasteiger partial charge in [0, 0.05) is 3.57 Å². The van der Waals surface area contributed by atoms with Crippen LogP contribution < -0.4 is 11.1 Å². The van der Waals surface area contributed by atoms with Crippen LogP contribution in [0.2, 0.25) is 0 Å². The zero-order chi connectivity index (χ0) is 13.1. The Kier molecular flexibility index (Phi) is 4.94. The number of benzene rings is 1. The summed E-state index contributed by atoms with van der Waals surface area (Å²) in [6, 6.07) is 7.85. The highest BCUT2D eigenvalue weighted by Crippen LogP contribution is 2.21.